The van der Waals surface area contributed by atoms with Crippen molar-refractivity contribution in [3.8, 4) is 23.1 Å². The Hall–Kier alpha value is -2.50. The summed E-state index contributed by atoms with van der Waals surface area (Å²) in [5.41, 5.74) is 0.672. The van der Waals surface area contributed by atoms with E-state index in [0.29, 0.717) is 42.0 Å². The minimum Gasteiger partial charge on any atom is -0.493 e. The van der Waals surface area contributed by atoms with Gasteiger partial charge >= 0.3 is 0 Å². The highest BCUT2D eigenvalue weighted by molar-refractivity contribution is 5.39. The first-order chi connectivity index (χ1) is 12.8. The Morgan fingerprint density at radius 1 is 0.808 bits per heavy atom. The Bertz CT molecular complexity index is 664. The van der Waals surface area contributed by atoms with Gasteiger partial charge in [-0.15, -0.1) is 10.2 Å². The van der Waals surface area contributed by atoms with Crippen molar-refractivity contribution in [2.45, 2.75) is 46.1 Å². The van der Waals surface area contributed by atoms with E-state index >= 15 is 0 Å². The number of para-hydroxylation sites is 2. The first kappa shape index (κ1) is 19.8. The van der Waals surface area contributed by atoms with Crippen molar-refractivity contribution in [3.05, 3.63) is 36.0 Å². The second-order valence-electron chi connectivity index (χ2n) is 5.85. The third kappa shape index (κ3) is 6.10. The molecule has 2 rings (SSSR count). The van der Waals surface area contributed by atoms with Crippen LogP contribution in [0.1, 0.15) is 45.2 Å². The molecule has 0 radical (unpaired) electrons. The summed E-state index contributed by atoms with van der Waals surface area (Å²) in [5.74, 6) is 2.40. The number of rotatable bonds is 12. The zero-order valence-corrected chi connectivity index (χ0v) is 15.9. The molecular formula is C20H28N2O4. The molecule has 0 bridgehead atoms. The van der Waals surface area contributed by atoms with Crippen LogP contribution in [0.25, 0.3) is 0 Å². The summed E-state index contributed by atoms with van der Waals surface area (Å²) >= 11 is 0. The third-order valence-electron chi connectivity index (χ3n) is 3.71. The van der Waals surface area contributed by atoms with E-state index in [0.717, 1.165) is 25.7 Å². The molecule has 6 nitrogen and oxygen atoms in total. The number of methoxy groups -OCH3 is 1. The van der Waals surface area contributed by atoms with Gasteiger partial charge in [0.05, 0.1) is 20.3 Å². The average Bonchev–Trinajstić information content (AvgIpc) is 2.68. The fourth-order valence-electron chi connectivity index (χ4n) is 2.20. The highest BCUT2D eigenvalue weighted by Gasteiger charge is 2.12. The van der Waals surface area contributed by atoms with E-state index < -0.39 is 0 Å². The number of hydrogen-bond donors (Lipinski definition) is 0. The summed E-state index contributed by atoms with van der Waals surface area (Å²) in [5, 5.41) is 8.37. The van der Waals surface area contributed by atoms with Gasteiger partial charge in [0.2, 0.25) is 0 Å². The van der Waals surface area contributed by atoms with Crippen molar-refractivity contribution in [3.63, 3.8) is 0 Å². The minimum absolute atomic E-state index is 0.271. The molecule has 142 valence electrons. The lowest BCUT2D eigenvalue weighted by Gasteiger charge is -2.13. The molecule has 0 aliphatic heterocycles. The van der Waals surface area contributed by atoms with Crippen LogP contribution in [0.15, 0.2) is 30.3 Å². The lowest BCUT2D eigenvalue weighted by Crippen LogP contribution is -2.08. The summed E-state index contributed by atoms with van der Waals surface area (Å²) in [7, 11) is 1.62. The van der Waals surface area contributed by atoms with Crippen molar-refractivity contribution in [1.29, 1.82) is 0 Å². The molecule has 0 amide bonds. The topological polar surface area (TPSA) is 62.7 Å². The average molecular weight is 360 g/mol. The van der Waals surface area contributed by atoms with Gasteiger partial charge in [-0.1, -0.05) is 38.8 Å². The highest BCUT2D eigenvalue weighted by atomic mass is 16.5. The van der Waals surface area contributed by atoms with Crippen molar-refractivity contribution >= 4 is 0 Å². The van der Waals surface area contributed by atoms with E-state index in [1.165, 1.54) is 0 Å². The smallest absolute Gasteiger partial charge is 0.276 e. The number of unbranched alkanes of at least 4 members (excludes halogenated alkanes) is 2. The first-order valence-corrected chi connectivity index (χ1v) is 9.16. The van der Waals surface area contributed by atoms with E-state index in [1.54, 1.807) is 7.11 Å². The van der Waals surface area contributed by atoms with Gasteiger partial charge < -0.3 is 18.9 Å². The van der Waals surface area contributed by atoms with Gasteiger partial charge in [0.1, 0.15) is 12.3 Å². The molecule has 26 heavy (non-hydrogen) atoms. The molecule has 2 aromatic rings. The van der Waals surface area contributed by atoms with Crippen molar-refractivity contribution in [2.24, 2.45) is 0 Å². The SMILES string of the molecule is CCCCOc1cc(COc2ccccc2OC)nnc1OCCCC. The predicted octanol–water partition coefficient (Wildman–Crippen LogP) is 4.42. The molecule has 0 fully saturated rings. The van der Waals surface area contributed by atoms with Crippen LogP contribution in [0.2, 0.25) is 0 Å². The van der Waals surface area contributed by atoms with Crippen LogP contribution in [-0.4, -0.2) is 30.5 Å². The molecule has 0 unspecified atom stereocenters. The molecule has 0 aliphatic rings. The number of hydrogen-bond acceptors (Lipinski definition) is 6. The Morgan fingerprint density at radius 2 is 1.50 bits per heavy atom. The normalized spacial score (nSPS) is 10.4. The lowest BCUT2D eigenvalue weighted by atomic mass is 10.3. The van der Waals surface area contributed by atoms with Gasteiger partial charge in [0.15, 0.2) is 17.2 Å². The molecule has 1 heterocycles. The summed E-state index contributed by atoms with van der Waals surface area (Å²) in [6.45, 7) is 5.74. The summed E-state index contributed by atoms with van der Waals surface area (Å²) in [4.78, 5) is 0. The molecule has 0 spiro atoms. The van der Waals surface area contributed by atoms with Crippen LogP contribution in [0.3, 0.4) is 0 Å². The van der Waals surface area contributed by atoms with Crippen molar-refractivity contribution in [1.82, 2.24) is 10.2 Å². The zero-order valence-electron chi connectivity index (χ0n) is 15.9. The second-order valence-corrected chi connectivity index (χ2v) is 5.85. The van der Waals surface area contributed by atoms with Crippen molar-refractivity contribution < 1.29 is 18.9 Å². The largest absolute Gasteiger partial charge is 0.493 e. The molecule has 1 aromatic heterocycles. The second kappa shape index (κ2) is 11.2. The fraction of sp³-hybridized carbons (Fsp3) is 0.500. The summed E-state index contributed by atoms with van der Waals surface area (Å²) in [6, 6.07) is 9.33. The third-order valence-corrected chi connectivity index (χ3v) is 3.71. The van der Waals surface area contributed by atoms with Gasteiger partial charge in [-0.3, -0.25) is 0 Å². The summed E-state index contributed by atoms with van der Waals surface area (Å²) in [6.07, 6.45) is 4.07. The van der Waals surface area contributed by atoms with Crippen LogP contribution >= 0.6 is 0 Å². The first-order valence-electron chi connectivity index (χ1n) is 9.16. The summed E-state index contributed by atoms with van der Waals surface area (Å²) < 4.78 is 22.6. The molecular weight excluding hydrogens is 332 g/mol. The van der Waals surface area contributed by atoms with Gasteiger partial charge in [-0.25, -0.2) is 0 Å². The predicted molar refractivity (Wildman–Crippen MR) is 100 cm³/mol. The van der Waals surface area contributed by atoms with E-state index in [9.17, 15) is 0 Å². The Morgan fingerprint density at radius 3 is 2.19 bits per heavy atom. The van der Waals surface area contributed by atoms with Gasteiger partial charge in [0, 0.05) is 6.07 Å². The van der Waals surface area contributed by atoms with E-state index in [-0.39, 0.29) is 6.61 Å². The zero-order chi connectivity index (χ0) is 18.6. The number of aromatic nitrogens is 2. The fourth-order valence-corrected chi connectivity index (χ4v) is 2.20. The maximum Gasteiger partial charge on any atom is 0.276 e. The van der Waals surface area contributed by atoms with Crippen LogP contribution in [0.5, 0.6) is 23.1 Å². The van der Waals surface area contributed by atoms with Crippen LogP contribution < -0.4 is 18.9 Å². The molecule has 0 N–H and O–H groups in total. The van der Waals surface area contributed by atoms with E-state index in [1.807, 2.05) is 30.3 Å². The molecule has 0 atom stereocenters. The lowest BCUT2D eigenvalue weighted by molar-refractivity contribution is 0.245. The van der Waals surface area contributed by atoms with Gasteiger partial charge in [0.25, 0.3) is 5.88 Å². The number of nitrogens with zero attached hydrogens (tertiary/aromatic N) is 2. The Balaban J connectivity index is 2.06. The van der Waals surface area contributed by atoms with Gasteiger partial charge in [-0.2, -0.15) is 0 Å². The van der Waals surface area contributed by atoms with Crippen molar-refractivity contribution in [2.75, 3.05) is 20.3 Å². The van der Waals surface area contributed by atoms with E-state index in [2.05, 4.69) is 24.0 Å². The number of benzene rings is 1. The highest BCUT2D eigenvalue weighted by Crippen LogP contribution is 2.28. The Kier molecular flexibility index (Phi) is 8.52. The monoisotopic (exact) mass is 360 g/mol. The molecule has 0 aliphatic carbocycles. The Labute approximate surface area is 155 Å². The maximum absolute atomic E-state index is 5.84. The molecule has 0 saturated carbocycles. The molecule has 6 heteroatoms. The van der Waals surface area contributed by atoms with Gasteiger partial charge in [-0.05, 0) is 25.0 Å². The maximum atomic E-state index is 5.84. The van der Waals surface area contributed by atoms with Crippen LogP contribution in [0, 0.1) is 0 Å². The number of ether oxygens (including phenoxy) is 4. The van der Waals surface area contributed by atoms with Crippen LogP contribution in [-0.2, 0) is 6.61 Å². The quantitative estimate of drug-likeness (QED) is 0.522. The standard InChI is InChI=1S/C20H28N2O4/c1-4-6-12-24-19-14-16(21-22-20(19)25-13-7-5-2)15-26-18-11-9-8-10-17(18)23-3/h8-11,14H,4-7,12-13,15H2,1-3H3. The minimum atomic E-state index is 0.271. The molecule has 1 aromatic carbocycles. The van der Waals surface area contributed by atoms with E-state index in [4.69, 9.17) is 18.9 Å². The van der Waals surface area contributed by atoms with Crippen LogP contribution in [0.4, 0.5) is 0 Å². The molecule has 0 saturated heterocycles.